The number of nitrogens with two attached hydrogens (primary N) is 1. The van der Waals surface area contributed by atoms with Gasteiger partial charge in [-0.25, -0.2) is 0 Å². The van der Waals surface area contributed by atoms with E-state index >= 15 is 0 Å². The first-order chi connectivity index (χ1) is 11.0. The highest BCUT2D eigenvalue weighted by Gasteiger charge is 2.39. The van der Waals surface area contributed by atoms with Crippen molar-refractivity contribution in [3.05, 3.63) is 18.0 Å². The minimum Gasteiger partial charge on any atom is -0.381 e. The Hall–Kier alpha value is -0.860. The van der Waals surface area contributed by atoms with Crippen LogP contribution in [0.15, 0.2) is 12.4 Å². The van der Waals surface area contributed by atoms with Crippen molar-refractivity contribution in [2.24, 2.45) is 18.7 Å². The Morgan fingerprint density at radius 1 is 1.36 bits per heavy atom. The lowest BCUT2D eigenvalue weighted by atomic mass is 9.90. The molecule has 25 heavy (non-hydrogen) atoms. The second-order valence-corrected chi connectivity index (χ2v) is 6.72. The van der Waals surface area contributed by atoms with Gasteiger partial charge in [-0.15, -0.1) is 24.8 Å². The normalized spacial score (nSPS) is 25.6. The van der Waals surface area contributed by atoms with Crippen LogP contribution in [0.4, 0.5) is 0 Å². The van der Waals surface area contributed by atoms with Gasteiger partial charge >= 0.3 is 0 Å². The van der Waals surface area contributed by atoms with Gasteiger partial charge in [0.1, 0.15) is 5.60 Å². The number of halogens is 2. The first-order valence-corrected chi connectivity index (χ1v) is 8.25. The number of carbonyl (C=O) groups excluding carboxylic acids is 1. The third kappa shape index (κ3) is 4.86. The highest BCUT2D eigenvalue weighted by Crippen LogP contribution is 2.30. The van der Waals surface area contributed by atoms with Gasteiger partial charge < -0.3 is 20.1 Å². The Bertz CT molecular complexity index is 565. The van der Waals surface area contributed by atoms with Gasteiger partial charge in [-0.2, -0.15) is 5.10 Å². The van der Waals surface area contributed by atoms with E-state index in [-0.39, 0.29) is 36.6 Å². The van der Waals surface area contributed by atoms with Gasteiger partial charge in [0.15, 0.2) is 0 Å². The number of hydrogen-bond acceptors (Lipinski definition) is 5. The molecule has 2 unspecified atom stereocenters. The van der Waals surface area contributed by atoms with Gasteiger partial charge in [0.25, 0.3) is 0 Å². The molecular formula is C16H28Cl2N4O3. The number of aryl methyl sites for hydroxylation is 1. The molecule has 2 N–H and O–H groups in total. The Balaban J connectivity index is 0.00000156. The lowest BCUT2D eigenvalue weighted by molar-refractivity contribution is -0.152. The maximum atomic E-state index is 12.8. The Labute approximate surface area is 161 Å². The number of rotatable bonds is 3. The highest BCUT2D eigenvalue weighted by molar-refractivity contribution is 5.85. The summed E-state index contributed by atoms with van der Waals surface area (Å²) >= 11 is 0. The molecule has 0 aromatic carbocycles. The van der Waals surface area contributed by atoms with E-state index in [4.69, 9.17) is 15.2 Å². The summed E-state index contributed by atoms with van der Waals surface area (Å²) in [6.07, 6.45) is 5.45. The van der Waals surface area contributed by atoms with Crippen LogP contribution in [-0.2, 0) is 26.9 Å². The minimum atomic E-state index is -0.530. The third-order valence-corrected chi connectivity index (χ3v) is 4.96. The number of aromatic nitrogens is 2. The molecule has 2 atom stereocenters. The van der Waals surface area contributed by atoms with Gasteiger partial charge in [0.05, 0.1) is 25.4 Å². The van der Waals surface area contributed by atoms with E-state index in [2.05, 4.69) is 5.10 Å². The van der Waals surface area contributed by atoms with Crippen LogP contribution >= 0.6 is 24.8 Å². The van der Waals surface area contributed by atoms with E-state index < -0.39 is 11.6 Å². The molecule has 7 nitrogen and oxygen atoms in total. The zero-order valence-electron chi connectivity index (χ0n) is 14.7. The smallest absolute Gasteiger partial charge is 0.239 e. The van der Waals surface area contributed by atoms with Crippen LogP contribution in [-0.4, -0.2) is 59.5 Å². The van der Waals surface area contributed by atoms with Crippen LogP contribution in [0.1, 0.15) is 25.3 Å². The Morgan fingerprint density at radius 2 is 2.04 bits per heavy atom. The lowest BCUT2D eigenvalue weighted by Gasteiger charge is -2.41. The van der Waals surface area contributed by atoms with Gasteiger partial charge in [-0.05, 0) is 25.7 Å². The summed E-state index contributed by atoms with van der Waals surface area (Å²) in [5.74, 6) is 0.235. The Morgan fingerprint density at radius 3 is 2.64 bits per heavy atom. The zero-order valence-corrected chi connectivity index (χ0v) is 16.4. The molecule has 0 aliphatic carbocycles. The molecule has 2 aliphatic rings. The maximum absolute atomic E-state index is 12.8. The summed E-state index contributed by atoms with van der Waals surface area (Å²) in [5.41, 5.74) is 6.70. The molecule has 1 aromatic rings. The fourth-order valence-electron chi connectivity index (χ4n) is 3.41. The van der Waals surface area contributed by atoms with Crippen molar-refractivity contribution in [1.82, 2.24) is 14.7 Å². The van der Waals surface area contributed by atoms with Crippen LogP contribution in [0.3, 0.4) is 0 Å². The van der Waals surface area contributed by atoms with Crippen molar-refractivity contribution in [1.29, 1.82) is 0 Å². The van der Waals surface area contributed by atoms with Crippen LogP contribution in [0.2, 0.25) is 0 Å². The van der Waals surface area contributed by atoms with E-state index in [0.29, 0.717) is 32.9 Å². The lowest BCUT2D eigenvalue weighted by Crippen LogP contribution is -2.56. The van der Waals surface area contributed by atoms with Crippen LogP contribution in [0, 0.1) is 5.92 Å². The molecule has 9 heteroatoms. The number of hydrogen-bond donors (Lipinski definition) is 1. The summed E-state index contributed by atoms with van der Waals surface area (Å²) in [7, 11) is 1.87. The molecule has 1 aromatic heterocycles. The summed E-state index contributed by atoms with van der Waals surface area (Å²) in [4.78, 5) is 14.6. The number of nitrogens with zero attached hydrogens (tertiary/aromatic N) is 3. The minimum absolute atomic E-state index is 0. The molecule has 3 rings (SSSR count). The molecule has 0 spiro atoms. The summed E-state index contributed by atoms with van der Waals surface area (Å²) < 4.78 is 13.1. The van der Waals surface area contributed by atoms with Crippen LogP contribution in [0.25, 0.3) is 0 Å². The van der Waals surface area contributed by atoms with Crippen molar-refractivity contribution in [2.45, 2.75) is 31.4 Å². The standard InChI is InChI=1S/C16H26N4O3.2ClH/c1-16(13-9-18-19(2)10-13)11-20(5-8-23-16)15(21)14(17)12-3-6-22-7-4-12;;/h9-10,12,14H,3-8,11,17H2,1-2H3;2*1H. The fourth-order valence-corrected chi connectivity index (χ4v) is 3.41. The van der Waals surface area contributed by atoms with Gasteiger partial charge in [0.2, 0.25) is 5.91 Å². The molecule has 2 saturated heterocycles. The molecule has 0 bridgehead atoms. The van der Waals surface area contributed by atoms with Crippen molar-refractivity contribution in [2.75, 3.05) is 32.9 Å². The summed E-state index contributed by atoms with van der Waals surface area (Å²) in [6, 6.07) is -0.449. The first-order valence-electron chi connectivity index (χ1n) is 8.25. The van der Waals surface area contributed by atoms with Crippen molar-refractivity contribution in [3.8, 4) is 0 Å². The molecular weight excluding hydrogens is 367 g/mol. The summed E-state index contributed by atoms with van der Waals surface area (Å²) in [6.45, 7) is 5.01. The van der Waals surface area contributed by atoms with E-state index in [1.807, 2.05) is 25.1 Å². The molecule has 0 saturated carbocycles. The SMILES string of the molecule is Cl.Cl.Cn1cc(C2(C)CN(C(=O)C(N)C3CCOCC3)CCO2)cn1. The average Bonchev–Trinajstić information content (AvgIpc) is 3.02. The van der Waals surface area contributed by atoms with Gasteiger partial charge in [-0.1, -0.05) is 0 Å². The molecule has 1 amide bonds. The quantitative estimate of drug-likeness (QED) is 0.829. The monoisotopic (exact) mass is 394 g/mol. The van der Waals surface area contributed by atoms with Crippen LogP contribution in [0.5, 0.6) is 0 Å². The second kappa shape index (κ2) is 9.19. The van der Waals surface area contributed by atoms with Crippen molar-refractivity contribution >= 4 is 30.7 Å². The molecule has 144 valence electrons. The predicted octanol–water partition coefficient (Wildman–Crippen LogP) is 1.09. The maximum Gasteiger partial charge on any atom is 0.239 e. The van der Waals surface area contributed by atoms with Gasteiger partial charge in [0, 0.05) is 38.6 Å². The molecule has 0 radical (unpaired) electrons. The largest absolute Gasteiger partial charge is 0.381 e. The van der Waals surface area contributed by atoms with Crippen LogP contribution < -0.4 is 5.73 Å². The predicted molar refractivity (Wildman–Crippen MR) is 99.1 cm³/mol. The molecule has 2 aliphatic heterocycles. The Kier molecular flexibility index (Phi) is 8.15. The second-order valence-electron chi connectivity index (χ2n) is 6.72. The zero-order chi connectivity index (χ0) is 16.4. The van der Waals surface area contributed by atoms with E-state index in [9.17, 15) is 4.79 Å². The van der Waals surface area contributed by atoms with E-state index in [1.165, 1.54) is 0 Å². The molecule has 2 fully saturated rings. The van der Waals surface area contributed by atoms with E-state index in [0.717, 1.165) is 18.4 Å². The number of carbonyl (C=O) groups is 1. The highest BCUT2D eigenvalue weighted by atomic mass is 35.5. The average molecular weight is 395 g/mol. The molecule has 3 heterocycles. The summed E-state index contributed by atoms with van der Waals surface area (Å²) in [5, 5.41) is 4.21. The number of amides is 1. The van der Waals surface area contributed by atoms with Gasteiger partial charge in [-0.3, -0.25) is 9.48 Å². The number of morpholine rings is 1. The van der Waals surface area contributed by atoms with E-state index in [1.54, 1.807) is 10.9 Å². The van der Waals surface area contributed by atoms with Crippen molar-refractivity contribution in [3.63, 3.8) is 0 Å². The third-order valence-electron chi connectivity index (χ3n) is 4.96. The fraction of sp³-hybridized carbons (Fsp3) is 0.750. The first kappa shape index (κ1) is 22.2. The number of ether oxygens (including phenoxy) is 2. The van der Waals surface area contributed by atoms with Crippen molar-refractivity contribution < 1.29 is 14.3 Å². The topological polar surface area (TPSA) is 82.6 Å².